The number of benzene rings is 1. The van der Waals surface area contributed by atoms with Crippen molar-refractivity contribution in [2.24, 2.45) is 0 Å². The van der Waals surface area contributed by atoms with Crippen LogP contribution in [0.4, 0.5) is 0 Å². The lowest BCUT2D eigenvalue weighted by atomic mass is 10.1. The molecule has 0 bridgehead atoms. The molecule has 0 radical (unpaired) electrons. The zero-order valence-corrected chi connectivity index (χ0v) is 13.1. The van der Waals surface area contributed by atoms with Crippen molar-refractivity contribution in [3.05, 3.63) is 29.8 Å². The third kappa shape index (κ3) is 5.47. The van der Waals surface area contributed by atoms with E-state index in [2.05, 4.69) is 0 Å². The van der Waals surface area contributed by atoms with Gasteiger partial charge >= 0.3 is 0 Å². The second kappa shape index (κ2) is 9.02. The van der Waals surface area contributed by atoms with Crippen molar-refractivity contribution >= 4 is 12.0 Å². The summed E-state index contributed by atoms with van der Waals surface area (Å²) in [4.78, 5) is 13.6. The first kappa shape index (κ1) is 17.0. The van der Waals surface area contributed by atoms with Gasteiger partial charge < -0.3 is 19.1 Å². The second-order valence-electron chi connectivity index (χ2n) is 4.55. The molecule has 1 rings (SSSR count). The van der Waals surface area contributed by atoms with Crippen LogP contribution in [0.15, 0.2) is 24.3 Å². The Kier molecular flexibility index (Phi) is 7.32. The van der Waals surface area contributed by atoms with Gasteiger partial charge in [0, 0.05) is 45.0 Å². The lowest BCUT2D eigenvalue weighted by Gasteiger charge is -2.14. The largest absolute Gasteiger partial charge is 0.497 e. The minimum Gasteiger partial charge on any atom is -0.497 e. The Hall–Kier alpha value is -2.01. The Morgan fingerprint density at radius 1 is 1.24 bits per heavy atom. The summed E-state index contributed by atoms with van der Waals surface area (Å²) in [5.41, 5.74) is 0.831. The SMILES string of the molecule is COCCCN(C)C(=O)/C=C/c1ccc(OC)cc1OC. The molecule has 0 aliphatic heterocycles. The highest BCUT2D eigenvalue weighted by Crippen LogP contribution is 2.25. The Morgan fingerprint density at radius 3 is 2.62 bits per heavy atom. The molecule has 116 valence electrons. The maximum absolute atomic E-state index is 12.0. The van der Waals surface area contributed by atoms with Gasteiger partial charge in [0.1, 0.15) is 11.5 Å². The number of likely N-dealkylation sites (N-methyl/N-ethyl adjacent to an activating group) is 1. The molecule has 0 heterocycles. The van der Waals surface area contributed by atoms with E-state index >= 15 is 0 Å². The highest BCUT2D eigenvalue weighted by molar-refractivity contribution is 5.92. The van der Waals surface area contributed by atoms with Crippen LogP contribution in [-0.4, -0.2) is 52.3 Å². The number of amides is 1. The Balaban J connectivity index is 2.69. The number of hydrogen-bond acceptors (Lipinski definition) is 4. The van der Waals surface area contributed by atoms with Crippen LogP contribution in [0, 0.1) is 0 Å². The lowest BCUT2D eigenvalue weighted by molar-refractivity contribution is -0.124. The van der Waals surface area contributed by atoms with E-state index in [4.69, 9.17) is 14.2 Å². The molecular formula is C16H23NO4. The summed E-state index contributed by atoms with van der Waals surface area (Å²) < 4.78 is 15.4. The number of carbonyl (C=O) groups excluding carboxylic acids is 1. The number of rotatable bonds is 8. The minimum atomic E-state index is -0.0519. The van der Waals surface area contributed by atoms with Crippen molar-refractivity contribution in [2.75, 3.05) is 41.5 Å². The fourth-order valence-electron chi connectivity index (χ4n) is 1.80. The fraction of sp³-hybridized carbons (Fsp3) is 0.438. The zero-order chi connectivity index (χ0) is 15.7. The zero-order valence-electron chi connectivity index (χ0n) is 13.1. The molecular weight excluding hydrogens is 270 g/mol. The van der Waals surface area contributed by atoms with E-state index in [-0.39, 0.29) is 5.91 Å². The molecule has 0 aromatic heterocycles. The summed E-state index contributed by atoms with van der Waals surface area (Å²) in [6, 6.07) is 5.47. The molecule has 0 fully saturated rings. The predicted molar refractivity (Wildman–Crippen MR) is 82.7 cm³/mol. The Bertz CT molecular complexity index is 485. The van der Waals surface area contributed by atoms with Crippen LogP contribution in [0.1, 0.15) is 12.0 Å². The van der Waals surface area contributed by atoms with Gasteiger partial charge in [-0.2, -0.15) is 0 Å². The number of hydrogen-bond donors (Lipinski definition) is 0. The van der Waals surface area contributed by atoms with Crippen LogP contribution in [0.3, 0.4) is 0 Å². The van der Waals surface area contributed by atoms with Crippen molar-refractivity contribution in [1.29, 1.82) is 0 Å². The van der Waals surface area contributed by atoms with Crippen LogP contribution >= 0.6 is 0 Å². The third-order valence-electron chi connectivity index (χ3n) is 3.06. The van der Waals surface area contributed by atoms with Gasteiger partial charge in [-0.3, -0.25) is 4.79 Å². The van der Waals surface area contributed by atoms with Gasteiger partial charge in [-0.05, 0) is 24.6 Å². The van der Waals surface area contributed by atoms with Crippen LogP contribution in [0.25, 0.3) is 6.08 Å². The molecule has 0 spiro atoms. The van der Waals surface area contributed by atoms with Gasteiger partial charge in [0.25, 0.3) is 0 Å². The van der Waals surface area contributed by atoms with Crippen LogP contribution in [-0.2, 0) is 9.53 Å². The number of nitrogens with zero attached hydrogens (tertiary/aromatic N) is 1. The minimum absolute atomic E-state index is 0.0519. The molecule has 21 heavy (non-hydrogen) atoms. The summed E-state index contributed by atoms with van der Waals surface area (Å²) in [6.07, 6.45) is 4.10. The Labute approximate surface area is 126 Å². The van der Waals surface area contributed by atoms with E-state index in [9.17, 15) is 4.79 Å². The van der Waals surface area contributed by atoms with E-state index in [0.717, 1.165) is 12.0 Å². The van der Waals surface area contributed by atoms with E-state index in [1.54, 1.807) is 45.4 Å². The molecule has 1 aromatic carbocycles. The summed E-state index contributed by atoms with van der Waals surface area (Å²) >= 11 is 0. The predicted octanol–water partition coefficient (Wildman–Crippen LogP) is 2.21. The van der Waals surface area contributed by atoms with Gasteiger partial charge in [-0.25, -0.2) is 0 Å². The van der Waals surface area contributed by atoms with E-state index in [0.29, 0.717) is 24.7 Å². The number of methoxy groups -OCH3 is 3. The lowest BCUT2D eigenvalue weighted by Crippen LogP contribution is -2.26. The molecule has 0 saturated carbocycles. The standard InChI is InChI=1S/C16H23NO4/c1-17(10-5-11-19-2)16(18)9-7-13-6-8-14(20-3)12-15(13)21-4/h6-9,12H,5,10-11H2,1-4H3/b9-7+. The van der Waals surface area contributed by atoms with Crippen molar-refractivity contribution in [3.8, 4) is 11.5 Å². The van der Waals surface area contributed by atoms with Crippen LogP contribution < -0.4 is 9.47 Å². The molecule has 1 aromatic rings. The van der Waals surface area contributed by atoms with E-state index in [1.165, 1.54) is 6.08 Å². The molecule has 0 aliphatic rings. The maximum atomic E-state index is 12.0. The molecule has 0 aliphatic carbocycles. The number of carbonyl (C=O) groups is 1. The monoisotopic (exact) mass is 293 g/mol. The molecule has 5 heteroatoms. The fourth-order valence-corrected chi connectivity index (χ4v) is 1.80. The summed E-state index contributed by atoms with van der Waals surface area (Å²) in [6.45, 7) is 1.31. The topological polar surface area (TPSA) is 48.0 Å². The van der Waals surface area contributed by atoms with Crippen molar-refractivity contribution in [2.45, 2.75) is 6.42 Å². The van der Waals surface area contributed by atoms with Gasteiger partial charge in [0.05, 0.1) is 14.2 Å². The molecule has 0 saturated heterocycles. The maximum Gasteiger partial charge on any atom is 0.246 e. The summed E-state index contributed by atoms with van der Waals surface area (Å²) in [5.74, 6) is 1.33. The average molecular weight is 293 g/mol. The molecule has 0 atom stereocenters. The van der Waals surface area contributed by atoms with Crippen molar-refractivity contribution in [1.82, 2.24) is 4.90 Å². The van der Waals surface area contributed by atoms with Gasteiger partial charge in [0.15, 0.2) is 0 Å². The van der Waals surface area contributed by atoms with Crippen LogP contribution in [0.2, 0.25) is 0 Å². The molecule has 5 nitrogen and oxygen atoms in total. The smallest absolute Gasteiger partial charge is 0.246 e. The molecule has 1 amide bonds. The van der Waals surface area contributed by atoms with Crippen molar-refractivity contribution < 1.29 is 19.0 Å². The van der Waals surface area contributed by atoms with Gasteiger partial charge in [0.2, 0.25) is 5.91 Å². The van der Waals surface area contributed by atoms with Gasteiger partial charge in [-0.15, -0.1) is 0 Å². The number of ether oxygens (including phenoxy) is 3. The first-order valence-corrected chi connectivity index (χ1v) is 6.76. The molecule has 0 unspecified atom stereocenters. The van der Waals surface area contributed by atoms with Crippen LogP contribution in [0.5, 0.6) is 11.5 Å². The average Bonchev–Trinajstić information content (AvgIpc) is 2.52. The van der Waals surface area contributed by atoms with Gasteiger partial charge in [-0.1, -0.05) is 0 Å². The molecule has 0 N–H and O–H groups in total. The Morgan fingerprint density at radius 2 is 2.00 bits per heavy atom. The van der Waals surface area contributed by atoms with Crippen molar-refractivity contribution in [3.63, 3.8) is 0 Å². The first-order valence-electron chi connectivity index (χ1n) is 6.76. The first-order chi connectivity index (χ1) is 10.1. The summed E-state index contributed by atoms with van der Waals surface area (Å²) in [5, 5.41) is 0. The quantitative estimate of drug-likeness (QED) is 0.544. The third-order valence-corrected chi connectivity index (χ3v) is 3.06. The summed E-state index contributed by atoms with van der Waals surface area (Å²) in [7, 11) is 6.61. The second-order valence-corrected chi connectivity index (χ2v) is 4.55. The normalized spacial score (nSPS) is 10.7. The highest BCUT2D eigenvalue weighted by atomic mass is 16.5. The van der Waals surface area contributed by atoms with E-state index in [1.807, 2.05) is 12.1 Å². The van der Waals surface area contributed by atoms with E-state index < -0.39 is 0 Å². The highest BCUT2D eigenvalue weighted by Gasteiger charge is 2.06.